The summed E-state index contributed by atoms with van der Waals surface area (Å²) in [7, 11) is 0. The molecule has 6 heteroatoms. The van der Waals surface area contributed by atoms with E-state index in [0.717, 1.165) is 39.0 Å². The van der Waals surface area contributed by atoms with Crippen molar-refractivity contribution < 1.29 is 9.59 Å². The van der Waals surface area contributed by atoms with E-state index in [2.05, 4.69) is 39.8 Å². The molecule has 1 aliphatic rings. The van der Waals surface area contributed by atoms with Gasteiger partial charge < -0.3 is 15.5 Å². The number of nitrogens with zero attached hydrogens (tertiary/aromatic N) is 2. The van der Waals surface area contributed by atoms with Gasteiger partial charge in [-0.2, -0.15) is 0 Å². The second kappa shape index (κ2) is 10.8. The van der Waals surface area contributed by atoms with Crippen LogP contribution in [-0.2, 0) is 11.3 Å². The number of carbonyl (C=O) groups excluding carboxylic acids is 2. The fraction of sp³-hybridized carbons (Fsp3) is 0.600. The molecular weight excluding hydrogens is 328 g/mol. The topological polar surface area (TPSA) is 64.7 Å². The second-order valence-electron chi connectivity index (χ2n) is 6.92. The molecule has 6 nitrogen and oxygen atoms in total. The first kappa shape index (κ1) is 20.2. The molecule has 0 aromatic heterocycles. The van der Waals surface area contributed by atoms with Crippen molar-refractivity contribution in [2.45, 2.75) is 33.2 Å². The van der Waals surface area contributed by atoms with Gasteiger partial charge in [0, 0.05) is 32.7 Å². The summed E-state index contributed by atoms with van der Waals surface area (Å²) in [6.07, 6.45) is 2.00. The lowest BCUT2D eigenvalue weighted by atomic mass is 10.1. The lowest BCUT2D eigenvalue weighted by molar-refractivity contribution is -0.120. The summed E-state index contributed by atoms with van der Waals surface area (Å²) in [6.45, 7) is 9.10. The first-order valence-corrected chi connectivity index (χ1v) is 9.68. The van der Waals surface area contributed by atoms with Gasteiger partial charge in [0.15, 0.2) is 0 Å². The van der Waals surface area contributed by atoms with Gasteiger partial charge in [0.25, 0.3) is 0 Å². The maximum absolute atomic E-state index is 12.3. The van der Waals surface area contributed by atoms with E-state index in [1.807, 2.05) is 24.8 Å². The quantitative estimate of drug-likeness (QED) is 0.709. The van der Waals surface area contributed by atoms with Crippen LogP contribution < -0.4 is 10.6 Å². The minimum atomic E-state index is -0.152. The third-order valence-electron chi connectivity index (χ3n) is 4.74. The van der Waals surface area contributed by atoms with Gasteiger partial charge in [0.05, 0.1) is 6.54 Å². The van der Waals surface area contributed by atoms with Crippen LogP contribution in [0.2, 0.25) is 0 Å². The maximum atomic E-state index is 12.3. The van der Waals surface area contributed by atoms with Crippen LogP contribution in [0.3, 0.4) is 0 Å². The van der Waals surface area contributed by atoms with Crippen LogP contribution in [0.25, 0.3) is 0 Å². The summed E-state index contributed by atoms with van der Waals surface area (Å²) in [5, 5.41) is 5.50. The summed E-state index contributed by atoms with van der Waals surface area (Å²) in [5.74, 6) is 0.351. The Balaban J connectivity index is 1.73. The Morgan fingerprint density at radius 2 is 1.96 bits per heavy atom. The predicted molar refractivity (Wildman–Crippen MR) is 104 cm³/mol. The molecule has 144 valence electrons. The highest BCUT2D eigenvalue weighted by Gasteiger charge is 2.25. The van der Waals surface area contributed by atoms with E-state index < -0.39 is 0 Å². The molecule has 1 unspecified atom stereocenters. The van der Waals surface area contributed by atoms with E-state index in [1.165, 1.54) is 5.56 Å². The summed E-state index contributed by atoms with van der Waals surface area (Å²) in [6, 6.07) is 10.3. The molecule has 2 N–H and O–H groups in total. The van der Waals surface area contributed by atoms with Gasteiger partial charge in [-0.25, -0.2) is 4.79 Å². The van der Waals surface area contributed by atoms with E-state index in [1.54, 1.807) is 0 Å². The van der Waals surface area contributed by atoms with E-state index >= 15 is 0 Å². The van der Waals surface area contributed by atoms with E-state index in [4.69, 9.17) is 0 Å². The molecule has 0 bridgehead atoms. The zero-order valence-corrected chi connectivity index (χ0v) is 16.0. The Hall–Kier alpha value is -2.08. The number of hydrogen-bond donors (Lipinski definition) is 2. The van der Waals surface area contributed by atoms with Crippen molar-refractivity contribution in [3.05, 3.63) is 35.9 Å². The predicted octanol–water partition coefficient (Wildman–Crippen LogP) is 2.07. The van der Waals surface area contributed by atoms with Crippen LogP contribution in [0.5, 0.6) is 0 Å². The molecule has 1 heterocycles. The normalized spacial score (nSPS) is 17.1. The number of urea groups is 1. The monoisotopic (exact) mass is 360 g/mol. The van der Waals surface area contributed by atoms with Crippen molar-refractivity contribution >= 4 is 11.9 Å². The standard InChI is InChI=1S/C20H32N4O2/c1-3-11-21-19(25)13-22-20(26)24(4-2)16-18-10-12-23(15-18)14-17-8-6-5-7-9-17/h5-9,18H,3-4,10-16H2,1-2H3,(H,21,25)(H,22,26). The second-order valence-corrected chi connectivity index (χ2v) is 6.92. The van der Waals surface area contributed by atoms with E-state index in [0.29, 0.717) is 19.0 Å². The van der Waals surface area contributed by atoms with Gasteiger partial charge in [-0.1, -0.05) is 37.3 Å². The lowest BCUT2D eigenvalue weighted by Crippen LogP contribution is -2.46. The molecule has 1 aliphatic heterocycles. The van der Waals surface area contributed by atoms with E-state index in [-0.39, 0.29) is 18.5 Å². The van der Waals surface area contributed by atoms with Crippen LogP contribution in [0, 0.1) is 5.92 Å². The first-order chi connectivity index (χ1) is 12.6. The molecule has 3 amide bonds. The Bertz CT molecular complexity index is 564. The minimum Gasteiger partial charge on any atom is -0.355 e. The molecule has 0 spiro atoms. The highest BCUT2D eigenvalue weighted by atomic mass is 16.2. The SMILES string of the molecule is CCCNC(=O)CNC(=O)N(CC)CC1CCN(Cc2ccccc2)C1. The zero-order chi connectivity index (χ0) is 18.8. The Kier molecular flexibility index (Phi) is 8.41. The number of likely N-dealkylation sites (tertiary alicyclic amines) is 1. The molecule has 1 fully saturated rings. The molecule has 26 heavy (non-hydrogen) atoms. The van der Waals surface area contributed by atoms with E-state index in [9.17, 15) is 9.59 Å². The van der Waals surface area contributed by atoms with Crippen LogP contribution in [0.15, 0.2) is 30.3 Å². The van der Waals surface area contributed by atoms with Crippen molar-refractivity contribution in [2.24, 2.45) is 5.92 Å². The number of nitrogens with one attached hydrogen (secondary N) is 2. The number of carbonyl (C=O) groups is 2. The average Bonchev–Trinajstić information content (AvgIpc) is 3.10. The summed E-state index contributed by atoms with van der Waals surface area (Å²) < 4.78 is 0. The minimum absolute atomic E-state index is 0.0418. The Morgan fingerprint density at radius 1 is 1.19 bits per heavy atom. The van der Waals surface area contributed by atoms with Crippen LogP contribution >= 0.6 is 0 Å². The van der Waals surface area contributed by atoms with Crippen molar-refractivity contribution in [1.29, 1.82) is 0 Å². The van der Waals surface area contributed by atoms with Crippen molar-refractivity contribution in [1.82, 2.24) is 20.4 Å². The molecule has 0 radical (unpaired) electrons. The van der Waals surface area contributed by atoms with Gasteiger partial charge in [-0.3, -0.25) is 9.69 Å². The van der Waals surface area contributed by atoms with Gasteiger partial charge in [-0.15, -0.1) is 0 Å². The highest BCUT2D eigenvalue weighted by Crippen LogP contribution is 2.19. The fourth-order valence-corrected chi connectivity index (χ4v) is 3.31. The number of rotatable bonds is 9. The Labute approximate surface area is 156 Å². The number of benzene rings is 1. The molecule has 1 aromatic carbocycles. The molecule has 0 aliphatic carbocycles. The molecule has 1 aromatic rings. The Morgan fingerprint density at radius 3 is 2.65 bits per heavy atom. The maximum Gasteiger partial charge on any atom is 0.317 e. The smallest absolute Gasteiger partial charge is 0.317 e. The average molecular weight is 361 g/mol. The van der Waals surface area contributed by atoms with Crippen LogP contribution in [-0.4, -0.2) is 61.0 Å². The van der Waals surface area contributed by atoms with Gasteiger partial charge in [0.1, 0.15) is 0 Å². The molecular formula is C20H32N4O2. The summed E-state index contributed by atoms with van der Waals surface area (Å²) in [4.78, 5) is 28.2. The fourth-order valence-electron chi connectivity index (χ4n) is 3.31. The van der Waals surface area contributed by atoms with Crippen molar-refractivity contribution in [3.63, 3.8) is 0 Å². The van der Waals surface area contributed by atoms with Crippen molar-refractivity contribution in [2.75, 3.05) is 39.3 Å². The van der Waals surface area contributed by atoms with Gasteiger partial charge in [0.2, 0.25) is 5.91 Å². The first-order valence-electron chi connectivity index (χ1n) is 9.68. The van der Waals surface area contributed by atoms with Crippen LogP contribution in [0.1, 0.15) is 32.3 Å². The number of amides is 3. The molecule has 0 saturated carbocycles. The third-order valence-corrected chi connectivity index (χ3v) is 4.74. The summed E-state index contributed by atoms with van der Waals surface area (Å²) >= 11 is 0. The lowest BCUT2D eigenvalue weighted by Gasteiger charge is -2.25. The molecule has 1 atom stereocenters. The largest absolute Gasteiger partial charge is 0.355 e. The third kappa shape index (κ3) is 6.67. The molecule has 1 saturated heterocycles. The molecule has 2 rings (SSSR count). The zero-order valence-electron chi connectivity index (χ0n) is 16.0. The van der Waals surface area contributed by atoms with Gasteiger partial charge >= 0.3 is 6.03 Å². The highest BCUT2D eigenvalue weighted by molar-refractivity contribution is 5.83. The summed E-state index contributed by atoms with van der Waals surface area (Å²) in [5.41, 5.74) is 1.33. The number of hydrogen-bond acceptors (Lipinski definition) is 3. The van der Waals surface area contributed by atoms with Crippen LogP contribution in [0.4, 0.5) is 4.79 Å². The van der Waals surface area contributed by atoms with Crippen molar-refractivity contribution in [3.8, 4) is 0 Å². The van der Waals surface area contributed by atoms with Gasteiger partial charge in [-0.05, 0) is 37.8 Å².